The van der Waals surface area contributed by atoms with Crippen LogP contribution in [0.2, 0.25) is 4.34 Å². The molecule has 2 aromatic rings. The van der Waals surface area contributed by atoms with E-state index in [-0.39, 0.29) is 11.9 Å². The average molecular weight is 395 g/mol. The van der Waals surface area contributed by atoms with Crippen LogP contribution in [-0.4, -0.2) is 54.6 Å². The molecule has 0 saturated carbocycles. The zero-order chi connectivity index (χ0) is 18.8. The number of thiophene rings is 1. The van der Waals surface area contributed by atoms with Gasteiger partial charge in [0.25, 0.3) is 5.91 Å². The number of ether oxygens (including phenoxy) is 1. The summed E-state index contributed by atoms with van der Waals surface area (Å²) in [4.78, 5) is 25.7. The summed E-state index contributed by atoms with van der Waals surface area (Å²) < 4.78 is 6.43. The highest BCUT2D eigenvalue weighted by atomic mass is 35.5. The van der Waals surface area contributed by atoms with Crippen LogP contribution in [0.3, 0.4) is 0 Å². The van der Waals surface area contributed by atoms with Gasteiger partial charge in [0.2, 0.25) is 0 Å². The van der Waals surface area contributed by atoms with Gasteiger partial charge in [-0.15, -0.1) is 11.3 Å². The standard InChI is InChI=1S/C18H23ClN4O2S/c1-11-8-16(21-12(2)20-11)23-6-5-7-25-10-14(23)13-9-15(26-17(13)19)18(24)22(3)4/h8-9,14H,5-7,10H2,1-4H3. The van der Waals surface area contributed by atoms with Crippen LogP contribution in [0, 0.1) is 13.8 Å². The minimum absolute atomic E-state index is 0.0436. The van der Waals surface area contributed by atoms with Crippen molar-refractivity contribution in [2.45, 2.75) is 26.3 Å². The van der Waals surface area contributed by atoms with Crippen molar-refractivity contribution >= 4 is 34.7 Å². The fourth-order valence-electron chi connectivity index (χ4n) is 3.09. The number of carbonyl (C=O) groups is 1. The predicted octanol–water partition coefficient (Wildman–Crippen LogP) is 3.48. The number of aromatic nitrogens is 2. The van der Waals surface area contributed by atoms with Gasteiger partial charge < -0.3 is 14.5 Å². The van der Waals surface area contributed by atoms with Gasteiger partial charge in [0.15, 0.2) is 0 Å². The molecule has 3 heterocycles. The summed E-state index contributed by atoms with van der Waals surface area (Å²) in [6.45, 7) is 5.87. The summed E-state index contributed by atoms with van der Waals surface area (Å²) >= 11 is 7.84. The second-order valence-corrected chi connectivity index (χ2v) is 8.25. The summed E-state index contributed by atoms with van der Waals surface area (Å²) in [7, 11) is 3.48. The third-order valence-corrected chi connectivity index (χ3v) is 5.65. The van der Waals surface area contributed by atoms with Crippen LogP contribution in [-0.2, 0) is 4.74 Å². The molecule has 8 heteroatoms. The molecule has 1 fully saturated rings. The first-order valence-electron chi connectivity index (χ1n) is 8.54. The molecule has 0 radical (unpaired) electrons. The first-order valence-corrected chi connectivity index (χ1v) is 9.74. The molecule has 140 valence electrons. The summed E-state index contributed by atoms with van der Waals surface area (Å²) in [5.41, 5.74) is 1.84. The molecule has 26 heavy (non-hydrogen) atoms. The lowest BCUT2D eigenvalue weighted by Gasteiger charge is -2.30. The zero-order valence-corrected chi connectivity index (χ0v) is 17.0. The maximum Gasteiger partial charge on any atom is 0.263 e. The van der Waals surface area contributed by atoms with Crippen LogP contribution >= 0.6 is 22.9 Å². The largest absolute Gasteiger partial charge is 0.379 e. The van der Waals surface area contributed by atoms with Crippen molar-refractivity contribution in [1.29, 1.82) is 0 Å². The quantitative estimate of drug-likeness (QED) is 0.797. The second kappa shape index (κ2) is 7.90. The van der Waals surface area contributed by atoms with Gasteiger partial charge in [-0.25, -0.2) is 9.97 Å². The van der Waals surface area contributed by atoms with Crippen molar-refractivity contribution in [3.63, 3.8) is 0 Å². The lowest BCUT2D eigenvalue weighted by Crippen LogP contribution is -2.31. The van der Waals surface area contributed by atoms with Crippen LogP contribution in [0.1, 0.15) is 39.2 Å². The normalized spacial score (nSPS) is 17.9. The molecule has 1 aliphatic heterocycles. The van der Waals surface area contributed by atoms with E-state index >= 15 is 0 Å². The number of hydrogen-bond acceptors (Lipinski definition) is 6. The molecule has 3 rings (SSSR count). The molecule has 0 aromatic carbocycles. The van der Waals surface area contributed by atoms with Crippen molar-refractivity contribution < 1.29 is 9.53 Å². The SMILES string of the molecule is Cc1cc(N2CCCOCC2c2cc(C(=O)N(C)C)sc2Cl)nc(C)n1. The van der Waals surface area contributed by atoms with E-state index in [9.17, 15) is 4.79 Å². The molecular weight excluding hydrogens is 372 g/mol. The van der Waals surface area contributed by atoms with Gasteiger partial charge in [-0.1, -0.05) is 11.6 Å². The monoisotopic (exact) mass is 394 g/mol. The van der Waals surface area contributed by atoms with E-state index in [0.717, 1.165) is 35.9 Å². The molecule has 6 nitrogen and oxygen atoms in total. The summed E-state index contributed by atoms with van der Waals surface area (Å²) in [6.07, 6.45) is 0.907. The van der Waals surface area contributed by atoms with Crippen molar-refractivity contribution in [1.82, 2.24) is 14.9 Å². The Morgan fingerprint density at radius 1 is 1.35 bits per heavy atom. The second-order valence-electron chi connectivity index (χ2n) is 6.59. The van der Waals surface area contributed by atoms with Gasteiger partial charge in [0, 0.05) is 44.6 Å². The molecular formula is C18H23ClN4O2S. The van der Waals surface area contributed by atoms with Gasteiger partial charge in [-0.05, 0) is 26.3 Å². The molecule has 2 aromatic heterocycles. The first kappa shape index (κ1) is 19.1. The molecule has 0 bridgehead atoms. The van der Waals surface area contributed by atoms with E-state index in [1.54, 1.807) is 19.0 Å². The van der Waals surface area contributed by atoms with Crippen molar-refractivity contribution in [3.05, 3.63) is 38.4 Å². The number of amides is 1. The van der Waals surface area contributed by atoms with Gasteiger partial charge in [-0.3, -0.25) is 4.79 Å². The topological polar surface area (TPSA) is 58.6 Å². The minimum Gasteiger partial charge on any atom is -0.379 e. The molecule has 1 aliphatic rings. The first-order chi connectivity index (χ1) is 12.4. The Balaban J connectivity index is 2.01. The molecule has 0 spiro atoms. The van der Waals surface area contributed by atoms with Gasteiger partial charge in [0.05, 0.1) is 21.9 Å². The van der Waals surface area contributed by atoms with Gasteiger partial charge in [0.1, 0.15) is 11.6 Å². The number of aryl methyl sites for hydroxylation is 2. The van der Waals surface area contributed by atoms with E-state index in [1.165, 1.54) is 11.3 Å². The fourth-order valence-corrected chi connectivity index (χ4v) is 4.48. The molecule has 1 unspecified atom stereocenters. The summed E-state index contributed by atoms with van der Waals surface area (Å²) in [6, 6.07) is 3.79. The van der Waals surface area contributed by atoms with Gasteiger partial charge in [-0.2, -0.15) is 0 Å². The average Bonchev–Trinajstić information content (AvgIpc) is 2.80. The molecule has 1 amide bonds. The highest BCUT2D eigenvalue weighted by Gasteiger charge is 2.29. The molecule has 1 atom stereocenters. The van der Waals surface area contributed by atoms with Gasteiger partial charge >= 0.3 is 0 Å². The number of anilines is 1. The Morgan fingerprint density at radius 3 is 2.81 bits per heavy atom. The van der Waals surface area contributed by atoms with E-state index in [2.05, 4.69) is 14.9 Å². The summed E-state index contributed by atoms with van der Waals surface area (Å²) in [5.74, 6) is 1.56. The van der Waals surface area contributed by atoms with E-state index in [0.29, 0.717) is 22.4 Å². The number of nitrogens with zero attached hydrogens (tertiary/aromatic N) is 4. The third-order valence-electron chi connectivity index (χ3n) is 4.28. The van der Waals surface area contributed by atoms with Crippen LogP contribution in [0.4, 0.5) is 5.82 Å². The number of hydrogen-bond donors (Lipinski definition) is 0. The van der Waals surface area contributed by atoms with E-state index in [1.807, 2.05) is 26.0 Å². The van der Waals surface area contributed by atoms with Crippen molar-refractivity contribution in [2.75, 3.05) is 38.8 Å². The highest BCUT2D eigenvalue weighted by molar-refractivity contribution is 7.18. The number of halogens is 1. The fraction of sp³-hybridized carbons (Fsp3) is 0.500. The van der Waals surface area contributed by atoms with Crippen LogP contribution in [0.25, 0.3) is 0 Å². The maximum atomic E-state index is 12.3. The minimum atomic E-state index is -0.0846. The third kappa shape index (κ3) is 4.00. The zero-order valence-electron chi connectivity index (χ0n) is 15.5. The lowest BCUT2D eigenvalue weighted by molar-refractivity contribution is 0.0832. The molecule has 0 N–H and O–H groups in total. The Bertz CT molecular complexity index is 788. The number of carbonyl (C=O) groups excluding carboxylic acids is 1. The smallest absolute Gasteiger partial charge is 0.263 e. The van der Waals surface area contributed by atoms with Crippen LogP contribution in [0.15, 0.2) is 12.1 Å². The van der Waals surface area contributed by atoms with Crippen molar-refractivity contribution in [3.8, 4) is 0 Å². The Morgan fingerprint density at radius 2 is 2.12 bits per heavy atom. The number of rotatable bonds is 3. The summed E-state index contributed by atoms with van der Waals surface area (Å²) in [5, 5.41) is 0. The van der Waals surface area contributed by atoms with Crippen LogP contribution < -0.4 is 4.90 Å². The Kier molecular flexibility index (Phi) is 5.79. The molecule has 1 saturated heterocycles. The molecule has 0 aliphatic carbocycles. The Hall–Kier alpha value is -1.70. The van der Waals surface area contributed by atoms with E-state index in [4.69, 9.17) is 16.3 Å². The maximum absolute atomic E-state index is 12.3. The lowest BCUT2D eigenvalue weighted by atomic mass is 10.1. The van der Waals surface area contributed by atoms with Crippen molar-refractivity contribution in [2.24, 2.45) is 0 Å². The predicted molar refractivity (Wildman–Crippen MR) is 104 cm³/mol. The van der Waals surface area contributed by atoms with E-state index < -0.39 is 0 Å². The highest BCUT2D eigenvalue weighted by Crippen LogP contribution is 2.38. The van der Waals surface area contributed by atoms with Crippen LogP contribution in [0.5, 0.6) is 0 Å². The Labute approximate surface area is 162 Å².